The lowest BCUT2D eigenvalue weighted by molar-refractivity contribution is -0.142. The highest BCUT2D eigenvalue weighted by Gasteiger charge is 2.14. The number of hydrogen-bond acceptors (Lipinski definition) is 9. The standard InChI is InChI=1S/C24H19ClN4O3S2/c1-2-31-21(30)8-14-3-5-17-20(7-14)34-24-22(17)23(26-12-27-24)29-15-4-6-19(18(25)9-15)32-10-16-11-33-13-28-16/h3-7,9,11-13H,2,8,10H2,1H3,(H,26,27,29). The summed E-state index contributed by atoms with van der Waals surface area (Å²) in [6, 6.07) is 11.5. The Labute approximate surface area is 208 Å². The van der Waals surface area contributed by atoms with E-state index in [1.807, 2.05) is 35.7 Å². The average molecular weight is 511 g/mol. The maximum absolute atomic E-state index is 11.9. The largest absolute Gasteiger partial charge is 0.486 e. The summed E-state index contributed by atoms with van der Waals surface area (Å²) >= 11 is 9.54. The van der Waals surface area contributed by atoms with Crippen molar-refractivity contribution in [3.05, 3.63) is 69.9 Å². The Morgan fingerprint density at radius 3 is 2.85 bits per heavy atom. The zero-order valence-electron chi connectivity index (χ0n) is 18.1. The Hall–Kier alpha value is -3.27. The molecule has 34 heavy (non-hydrogen) atoms. The van der Waals surface area contributed by atoms with Crippen LogP contribution in [0.2, 0.25) is 5.02 Å². The molecular weight excluding hydrogens is 492 g/mol. The fourth-order valence-electron chi connectivity index (χ4n) is 3.53. The van der Waals surface area contributed by atoms with Crippen LogP contribution in [0.5, 0.6) is 5.75 Å². The van der Waals surface area contributed by atoms with E-state index in [0.29, 0.717) is 29.8 Å². The van der Waals surface area contributed by atoms with E-state index in [2.05, 4.69) is 20.3 Å². The summed E-state index contributed by atoms with van der Waals surface area (Å²) in [5.74, 6) is 1.03. The van der Waals surface area contributed by atoms with Gasteiger partial charge in [-0.3, -0.25) is 4.79 Å². The number of carbonyl (C=O) groups is 1. The van der Waals surface area contributed by atoms with E-state index in [1.54, 1.807) is 29.8 Å². The summed E-state index contributed by atoms with van der Waals surface area (Å²) in [6.45, 7) is 2.54. The minimum atomic E-state index is -0.235. The molecule has 0 fully saturated rings. The summed E-state index contributed by atoms with van der Waals surface area (Å²) < 4.78 is 11.9. The van der Waals surface area contributed by atoms with Gasteiger partial charge in [0.25, 0.3) is 0 Å². The molecule has 0 aliphatic heterocycles. The first-order valence-electron chi connectivity index (χ1n) is 10.5. The zero-order chi connectivity index (χ0) is 23.5. The van der Waals surface area contributed by atoms with Crippen molar-refractivity contribution in [3.8, 4) is 5.75 Å². The number of thiophene rings is 1. The van der Waals surface area contributed by atoms with Crippen LogP contribution in [0.1, 0.15) is 18.2 Å². The number of ether oxygens (including phenoxy) is 2. The number of nitrogens with zero attached hydrogens (tertiary/aromatic N) is 3. The van der Waals surface area contributed by atoms with Crippen molar-refractivity contribution >= 4 is 72.1 Å². The van der Waals surface area contributed by atoms with E-state index in [1.165, 1.54) is 17.7 Å². The van der Waals surface area contributed by atoms with Crippen molar-refractivity contribution in [1.29, 1.82) is 0 Å². The summed E-state index contributed by atoms with van der Waals surface area (Å²) in [7, 11) is 0. The van der Waals surface area contributed by atoms with Crippen molar-refractivity contribution in [3.63, 3.8) is 0 Å². The Morgan fingerprint density at radius 1 is 1.15 bits per heavy atom. The van der Waals surface area contributed by atoms with Crippen molar-refractivity contribution in [2.75, 3.05) is 11.9 Å². The van der Waals surface area contributed by atoms with Crippen LogP contribution in [0.15, 0.2) is 53.6 Å². The van der Waals surface area contributed by atoms with Gasteiger partial charge in [0.05, 0.1) is 34.6 Å². The van der Waals surface area contributed by atoms with Crippen LogP contribution in [-0.4, -0.2) is 27.5 Å². The highest BCUT2D eigenvalue weighted by atomic mass is 35.5. The fraction of sp³-hybridized carbons (Fsp3) is 0.167. The van der Waals surface area contributed by atoms with Crippen LogP contribution in [0, 0.1) is 0 Å². The van der Waals surface area contributed by atoms with Gasteiger partial charge in [0.15, 0.2) is 0 Å². The summed E-state index contributed by atoms with van der Waals surface area (Å²) in [5.41, 5.74) is 4.32. The minimum absolute atomic E-state index is 0.235. The molecule has 0 atom stereocenters. The number of rotatable bonds is 8. The Bertz CT molecular complexity index is 1470. The van der Waals surface area contributed by atoms with E-state index in [4.69, 9.17) is 21.1 Å². The lowest BCUT2D eigenvalue weighted by Crippen LogP contribution is -2.07. The molecule has 0 saturated heterocycles. The van der Waals surface area contributed by atoms with Gasteiger partial charge < -0.3 is 14.8 Å². The second-order valence-corrected chi connectivity index (χ2v) is 9.51. The van der Waals surface area contributed by atoms with E-state index >= 15 is 0 Å². The van der Waals surface area contributed by atoms with E-state index < -0.39 is 0 Å². The molecule has 5 rings (SSSR count). The predicted octanol–water partition coefficient (Wildman–Crippen LogP) is 6.38. The SMILES string of the molecule is CCOC(=O)Cc1ccc2c(c1)sc1ncnc(Nc3ccc(OCc4cscn4)c(Cl)c3)c12. The maximum Gasteiger partial charge on any atom is 0.310 e. The predicted molar refractivity (Wildman–Crippen MR) is 136 cm³/mol. The number of fused-ring (bicyclic) bond motifs is 3. The summed E-state index contributed by atoms with van der Waals surface area (Å²) in [5, 5.41) is 7.73. The van der Waals surface area contributed by atoms with Crippen molar-refractivity contribution in [2.24, 2.45) is 0 Å². The highest BCUT2D eigenvalue weighted by Crippen LogP contribution is 2.38. The van der Waals surface area contributed by atoms with Crippen LogP contribution in [-0.2, 0) is 22.6 Å². The highest BCUT2D eigenvalue weighted by molar-refractivity contribution is 7.25. The summed E-state index contributed by atoms with van der Waals surface area (Å²) in [6.07, 6.45) is 1.77. The first-order valence-corrected chi connectivity index (χ1v) is 12.6. The van der Waals surface area contributed by atoms with E-state index in [9.17, 15) is 4.79 Å². The van der Waals surface area contributed by atoms with Crippen molar-refractivity contribution in [1.82, 2.24) is 15.0 Å². The molecule has 0 radical (unpaired) electrons. The third kappa shape index (κ3) is 4.82. The molecule has 5 aromatic rings. The average Bonchev–Trinajstić information content (AvgIpc) is 3.46. The molecule has 0 amide bonds. The first kappa shape index (κ1) is 22.5. The van der Waals surface area contributed by atoms with Gasteiger partial charge in [0.2, 0.25) is 0 Å². The van der Waals surface area contributed by atoms with Gasteiger partial charge in [0, 0.05) is 21.2 Å². The van der Waals surface area contributed by atoms with Crippen LogP contribution in [0.25, 0.3) is 20.3 Å². The van der Waals surface area contributed by atoms with Crippen LogP contribution in [0.3, 0.4) is 0 Å². The Balaban J connectivity index is 1.40. The molecule has 172 valence electrons. The van der Waals surface area contributed by atoms with Gasteiger partial charge in [-0.25, -0.2) is 15.0 Å². The Kier molecular flexibility index (Phi) is 6.57. The van der Waals surface area contributed by atoms with Crippen LogP contribution >= 0.6 is 34.3 Å². The van der Waals surface area contributed by atoms with Gasteiger partial charge in [-0.1, -0.05) is 23.7 Å². The number of halogens is 1. The molecule has 0 spiro atoms. The summed E-state index contributed by atoms with van der Waals surface area (Å²) in [4.78, 5) is 25.8. The second-order valence-electron chi connectivity index (χ2n) is 7.36. The third-order valence-corrected chi connectivity index (χ3v) is 7.03. The molecule has 10 heteroatoms. The third-order valence-electron chi connectivity index (χ3n) is 5.04. The lowest BCUT2D eigenvalue weighted by Gasteiger charge is -2.11. The van der Waals surface area contributed by atoms with E-state index in [0.717, 1.165) is 37.2 Å². The molecule has 0 unspecified atom stereocenters. The molecule has 3 aromatic heterocycles. The van der Waals surface area contributed by atoms with Crippen molar-refractivity contribution < 1.29 is 14.3 Å². The number of aromatic nitrogens is 3. The first-order chi connectivity index (χ1) is 16.6. The molecule has 0 aliphatic carbocycles. The number of hydrogen-bond donors (Lipinski definition) is 1. The van der Waals surface area contributed by atoms with Gasteiger partial charge in [0.1, 0.15) is 29.3 Å². The minimum Gasteiger partial charge on any atom is -0.486 e. The molecule has 2 aromatic carbocycles. The lowest BCUT2D eigenvalue weighted by atomic mass is 10.1. The quantitative estimate of drug-likeness (QED) is 0.242. The topological polar surface area (TPSA) is 86.2 Å². The van der Waals surface area contributed by atoms with Gasteiger partial charge in [-0.15, -0.1) is 22.7 Å². The van der Waals surface area contributed by atoms with Gasteiger partial charge in [-0.05, 0) is 36.8 Å². The van der Waals surface area contributed by atoms with Gasteiger partial charge >= 0.3 is 5.97 Å². The number of anilines is 2. The molecule has 7 nitrogen and oxygen atoms in total. The van der Waals surface area contributed by atoms with Crippen LogP contribution in [0.4, 0.5) is 11.5 Å². The van der Waals surface area contributed by atoms with E-state index in [-0.39, 0.29) is 12.4 Å². The second kappa shape index (κ2) is 9.92. The maximum atomic E-state index is 11.9. The van der Waals surface area contributed by atoms with Gasteiger partial charge in [-0.2, -0.15) is 0 Å². The number of nitrogens with one attached hydrogen (secondary N) is 1. The molecule has 3 heterocycles. The number of esters is 1. The monoisotopic (exact) mass is 510 g/mol. The number of carbonyl (C=O) groups excluding carboxylic acids is 1. The normalized spacial score (nSPS) is 11.1. The number of thiazole rings is 1. The van der Waals surface area contributed by atoms with Crippen molar-refractivity contribution in [2.45, 2.75) is 20.0 Å². The molecule has 0 saturated carbocycles. The molecular formula is C24H19ClN4O3S2. The smallest absolute Gasteiger partial charge is 0.310 e. The molecule has 0 aliphatic rings. The Morgan fingerprint density at radius 2 is 2.06 bits per heavy atom. The molecule has 0 bridgehead atoms. The number of benzene rings is 2. The van der Waals surface area contributed by atoms with Crippen LogP contribution < -0.4 is 10.1 Å². The zero-order valence-corrected chi connectivity index (χ0v) is 20.5. The molecule has 1 N–H and O–H groups in total. The fourth-order valence-corrected chi connectivity index (χ4v) is 5.41.